The highest BCUT2D eigenvalue weighted by molar-refractivity contribution is 7.78. The van der Waals surface area contributed by atoms with Gasteiger partial charge in [0.05, 0.1) is 17.3 Å². The van der Waals surface area contributed by atoms with Gasteiger partial charge in [-0.1, -0.05) is 0 Å². The average molecular weight is 471 g/mol. The first-order valence-electron chi connectivity index (χ1n) is 9.93. The topological polar surface area (TPSA) is 142 Å². The predicted octanol–water partition coefficient (Wildman–Crippen LogP) is 3.24. The maximum atomic E-state index is 12.6. The SMILES string of the molecule is CC(CC(=O)NC(CCC(=O)O)C(=O)O)Oc1ccc(C(=O)c2ccc(N=C=S)cc2)cc1. The molecular formula is C23H22N2O7S. The first kappa shape index (κ1) is 25.4. The Morgan fingerprint density at radius 1 is 1.03 bits per heavy atom. The second-order valence-electron chi connectivity index (χ2n) is 7.13. The fourth-order valence-corrected chi connectivity index (χ4v) is 3.01. The summed E-state index contributed by atoms with van der Waals surface area (Å²) < 4.78 is 5.67. The molecule has 2 atom stereocenters. The number of nitrogens with one attached hydrogen (secondary N) is 1. The van der Waals surface area contributed by atoms with Crippen molar-refractivity contribution >= 4 is 46.7 Å². The van der Waals surface area contributed by atoms with Gasteiger partial charge in [0, 0.05) is 17.5 Å². The van der Waals surface area contributed by atoms with Crippen LogP contribution in [0.2, 0.25) is 0 Å². The Kier molecular flexibility index (Phi) is 9.41. The van der Waals surface area contributed by atoms with Gasteiger partial charge in [0.25, 0.3) is 0 Å². The third-order valence-corrected chi connectivity index (χ3v) is 4.60. The van der Waals surface area contributed by atoms with Gasteiger partial charge in [-0.15, -0.1) is 0 Å². The Bertz CT molecular complexity index is 1060. The zero-order valence-corrected chi connectivity index (χ0v) is 18.5. The number of aliphatic carboxylic acids is 2. The van der Waals surface area contributed by atoms with Crippen LogP contribution in [0, 0.1) is 0 Å². The van der Waals surface area contributed by atoms with Gasteiger partial charge in [0.15, 0.2) is 5.78 Å². The largest absolute Gasteiger partial charge is 0.490 e. The fraction of sp³-hybridized carbons (Fsp3) is 0.261. The van der Waals surface area contributed by atoms with E-state index in [0.29, 0.717) is 22.6 Å². The number of hydrogen-bond donors (Lipinski definition) is 3. The average Bonchev–Trinajstić information content (AvgIpc) is 2.77. The van der Waals surface area contributed by atoms with E-state index in [9.17, 15) is 19.2 Å². The summed E-state index contributed by atoms with van der Waals surface area (Å²) >= 11 is 4.55. The molecule has 0 saturated heterocycles. The fourth-order valence-electron chi connectivity index (χ4n) is 2.91. The van der Waals surface area contributed by atoms with Gasteiger partial charge < -0.3 is 20.3 Å². The maximum Gasteiger partial charge on any atom is 0.326 e. The van der Waals surface area contributed by atoms with Crippen LogP contribution < -0.4 is 10.1 Å². The van der Waals surface area contributed by atoms with Crippen LogP contribution in [0.15, 0.2) is 53.5 Å². The van der Waals surface area contributed by atoms with Gasteiger partial charge in [-0.05, 0) is 74.1 Å². The Hall–Kier alpha value is -3.88. The molecule has 0 aliphatic heterocycles. The number of aliphatic imine (C=N–C) groups is 1. The number of hydrogen-bond acceptors (Lipinski definition) is 7. The molecule has 9 nitrogen and oxygen atoms in total. The van der Waals surface area contributed by atoms with Crippen LogP contribution in [0.3, 0.4) is 0 Å². The van der Waals surface area contributed by atoms with Gasteiger partial charge in [-0.2, -0.15) is 4.99 Å². The molecule has 172 valence electrons. The predicted molar refractivity (Wildman–Crippen MR) is 122 cm³/mol. The highest BCUT2D eigenvalue weighted by atomic mass is 32.1. The van der Waals surface area contributed by atoms with Gasteiger partial charge in [-0.3, -0.25) is 14.4 Å². The number of ketones is 1. The molecule has 3 N–H and O–H groups in total. The Labute approximate surface area is 195 Å². The monoisotopic (exact) mass is 470 g/mol. The normalized spacial score (nSPS) is 12.0. The number of carboxylic acid groups (broad SMARTS) is 2. The van der Waals surface area contributed by atoms with E-state index in [-0.39, 0.29) is 25.0 Å². The van der Waals surface area contributed by atoms with Crippen LogP contribution in [0.5, 0.6) is 5.75 Å². The summed E-state index contributed by atoms with van der Waals surface area (Å²) in [5.41, 5.74) is 1.52. The molecule has 0 heterocycles. The van der Waals surface area contributed by atoms with Crippen molar-refractivity contribution in [1.82, 2.24) is 5.32 Å². The molecule has 10 heteroatoms. The Morgan fingerprint density at radius 2 is 1.61 bits per heavy atom. The van der Waals surface area contributed by atoms with Crippen molar-refractivity contribution < 1.29 is 34.1 Å². The van der Waals surface area contributed by atoms with E-state index in [1.165, 1.54) is 0 Å². The summed E-state index contributed by atoms with van der Waals surface area (Å²) in [5, 5.41) is 22.4. The molecule has 0 aromatic heterocycles. The standard InChI is InChI=1S/C23H22N2O7S/c1-14(12-20(26)25-19(23(30)31)10-11-21(27)28)32-18-8-4-16(5-9-18)22(29)15-2-6-17(7-3-15)24-13-33/h2-9,14,19H,10-12H2,1H3,(H,25,26)(H,27,28)(H,30,31). The molecule has 0 fully saturated rings. The number of ether oxygens (including phenoxy) is 1. The van der Waals surface area contributed by atoms with Gasteiger partial charge in [-0.25, -0.2) is 4.79 Å². The number of isothiocyanates is 1. The van der Waals surface area contributed by atoms with Crippen molar-refractivity contribution in [3.8, 4) is 5.75 Å². The van der Waals surface area contributed by atoms with E-state index in [1.807, 2.05) is 0 Å². The molecule has 0 aliphatic carbocycles. The molecule has 0 radical (unpaired) electrons. The second-order valence-corrected chi connectivity index (χ2v) is 7.31. The molecular weight excluding hydrogens is 448 g/mol. The number of carbonyl (C=O) groups is 4. The summed E-state index contributed by atoms with van der Waals surface area (Å²) in [4.78, 5) is 50.3. The van der Waals surface area contributed by atoms with E-state index < -0.39 is 30.0 Å². The molecule has 33 heavy (non-hydrogen) atoms. The molecule has 2 aromatic rings. The smallest absolute Gasteiger partial charge is 0.326 e. The Balaban J connectivity index is 1.92. The zero-order chi connectivity index (χ0) is 24.4. The van der Waals surface area contributed by atoms with Crippen LogP contribution in [-0.2, 0) is 14.4 Å². The van der Waals surface area contributed by atoms with Crippen molar-refractivity contribution in [3.05, 3.63) is 59.7 Å². The van der Waals surface area contributed by atoms with Gasteiger partial charge in [0.1, 0.15) is 17.9 Å². The third-order valence-electron chi connectivity index (χ3n) is 4.51. The highest BCUT2D eigenvalue weighted by Crippen LogP contribution is 2.19. The van der Waals surface area contributed by atoms with Crippen LogP contribution in [0.1, 0.15) is 42.1 Å². The number of carboxylic acids is 2. The minimum atomic E-state index is -1.31. The number of rotatable bonds is 12. The van der Waals surface area contributed by atoms with E-state index in [2.05, 4.69) is 27.7 Å². The van der Waals surface area contributed by atoms with Crippen LogP contribution in [-0.4, -0.2) is 51.1 Å². The number of nitrogens with zero attached hydrogens (tertiary/aromatic N) is 1. The summed E-state index contributed by atoms with van der Waals surface area (Å²) in [7, 11) is 0. The van der Waals surface area contributed by atoms with E-state index >= 15 is 0 Å². The van der Waals surface area contributed by atoms with Crippen LogP contribution in [0.25, 0.3) is 0 Å². The summed E-state index contributed by atoms with van der Waals surface area (Å²) in [6.45, 7) is 1.63. The molecule has 0 spiro atoms. The van der Waals surface area contributed by atoms with Crippen LogP contribution in [0.4, 0.5) is 5.69 Å². The lowest BCUT2D eigenvalue weighted by Crippen LogP contribution is -2.42. The number of carbonyl (C=O) groups excluding carboxylic acids is 2. The van der Waals surface area contributed by atoms with Crippen molar-refractivity contribution in [2.75, 3.05) is 0 Å². The number of thiocarbonyl (C=S) groups is 1. The first-order chi connectivity index (χ1) is 15.7. The minimum Gasteiger partial charge on any atom is -0.490 e. The van der Waals surface area contributed by atoms with E-state index in [4.69, 9.17) is 14.9 Å². The van der Waals surface area contributed by atoms with Crippen LogP contribution >= 0.6 is 12.2 Å². The molecule has 2 rings (SSSR count). The first-order valence-corrected chi connectivity index (χ1v) is 10.3. The number of benzene rings is 2. The lowest BCUT2D eigenvalue weighted by Gasteiger charge is -2.17. The van der Waals surface area contributed by atoms with Crippen molar-refractivity contribution in [3.63, 3.8) is 0 Å². The Morgan fingerprint density at radius 3 is 2.12 bits per heavy atom. The molecule has 2 aromatic carbocycles. The lowest BCUT2D eigenvalue weighted by atomic mass is 10.0. The molecule has 0 saturated carbocycles. The van der Waals surface area contributed by atoms with Crippen molar-refractivity contribution in [2.24, 2.45) is 4.99 Å². The summed E-state index contributed by atoms with van der Waals surface area (Å²) in [6.07, 6.45) is -1.31. The summed E-state index contributed by atoms with van der Waals surface area (Å²) in [5.74, 6) is -2.79. The quantitative estimate of drug-likeness (QED) is 0.244. The number of amides is 1. The van der Waals surface area contributed by atoms with Gasteiger partial charge >= 0.3 is 11.9 Å². The zero-order valence-electron chi connectivity index (χ0n) is 17.7. The van der Waals surface area contributed by atoms with E-state index in [1.54, 1.807) is 55.5 Å². The molecule has 1 amide bonds. The molecule has 2 unspecified atom stereocenters. The lowest BCUT2D eigenvalue weighted by molar-refractivity contribution is -0.143. The third kappa shape index (κ3) is 8.29. The highest BCUT2D eigenvalue weighted by Gasteiger charge is 2.22. The second kappa shape index (κ2) is 12.2. The summed E-state index contributed by atoms with van der Waals surface area (Å²) in [6, 6.07) is 11.7. The molecule has 0 aliphatic rings. The van der Waals surface area contributed by atoms with E-state index in [0.717, 1.165) is 0 Å². The minimum absolute atomic E-state index is 0.131. The van der Waals surface area contributed by atoms with Crippen molar-refractivity contribution in [1.29, 1.82) is 0 Å². The van der Waals surface area contributed by atoms with Crippen molar-refractivity contribution in [2.45, 2.75) is 38.3 Å². The van der Waals surface area contributed by atoms with Gasteiger partial charge in [0.2, 0.25) is 5.91 Å². The maximum absolute atomic E-state index is 12.6. The molecule has 0 bridgehead atoms.